The lowest BCUT2D eigenvalue weighted by Gasteiger charge is -2.39. The standard InChI is InChI=1S/C50H58ClN7O9S2/c1-50(2)16-14-37(44(30-50)35-8-10-38(51)11-9-35)32-55-20-22-56(23-21-55)39-12-13-42(47(27-39)67-40-26-36-15-17-52-48(36)53-31-40)49(59)54-69(64,65)41-28-45(58(60)61)43-25-34(33-66-46(43)29-41)7-6-24-68(62,63)57-18-4-3-5-19-57/h8-13,15,17,26-29,31,34H,3-7,14,16,18-25,30,32-33H2,1-2H3,(H,52,53)(H,54,59)/t34-/m0/s1. The lowest BCUT2D eigenvalue weighted by Crippen LogP contribution is -2.47. The Bertz CT molecular complexity index is 3000. The van der Waals surface area contributed by atoms with Crippen LogP contribution in [-0.2, 0) is 26.5 Å². The molecule has 16 nitrogen and oxygen atoms in total. The first-order valence-electron chi connectivity index (χ1n) is 23.7. The summed E-state index contributed by atoms with van der Waals surface area (Å²) in [6.45, 7) is 9.68. The van der Waals surface area contributed by atoms with Crippen molar-refractivity contribution in [3.63, 3.8) is 0 Å². The number of nitro groups is 1. The van der Waals surface area contributed by atoms with Crippen molar-refractivity contribution in [3.8, 4) is 17.2 Å². The molecule has 4 aliphatic rings. The summed E-state index contributed by atoms with van der Waals surface area (Å²) < 4.78 is 69.7. The van der Waals surface area contributed by atoms with E-state index in [0.29, 0.717) is 50.4 Å². The molecule has 2 saturated heterocycles. The maximum absolute atomic E-state index is 14.1. The average molecular weight is 1000 g/mol. The van der Waals surface area contributed by atoms with Gasteiger partial charge in [0.05, 0.1) is 39.5 Å². The van der Waals surface area contributed by atoms with Crippen molar-refractivity contribution in [3.05, 3.63) is 117 Å². The number of piperidine rings is 1. The molecular formula is C50H58ClN7O9S2. The van der Waals surface area contributed by atoms with Crippen LogP contribution in [0.5, 0.6) is 17.2 Å². The van der Waals surface area contributed by atoms with Gasteiger partial charge in [0.1, 0.15) is 22.9 Å². The summed E-state index contributed by atoms with van der Waals surface area (Å²) in [5.41, 5.74) is 5.38. The van der Waals surface area contributed by atoms with Gasteiger partial charge < -0.3 is 19.4 Å². The number of nitrogens with zero attached hydrogens (tertiary/aromatic N) is 5. The number of carbonyl (C=O) groups excluding carboxylic acids is 1. The Kier molecular flexibility index (Phi) is 14.1. The number of aromatic nitrogens is 2. The van der Waals surface area contributed by atoms with E-state index < -0.39 is 41.5 Å². The highest BCUT2D eigenvalue weighted by atomic mass is 35.5. The van der Waals surface area contributed by atoms with Crippen LogP contribution in [0.25, 0.3) is 16.6 Å². The van der Waals surface area contributed by atoms with Crippen LogP contribution in [0.4, 0.5) is 11.4 Å². The molecule has 0 bridgehead atoms. The minimum absolute atomic E-state index is 0.0217. The molecule has 3 aliphatic heterocycles. The third kappa shape index (κ3) is 11.3. The number of hydrogen-bond acceptors (Lipinski definition) is 12. The number of aromatic amines is 1. The number of allylic oxidation sites excluding steroid dienone is 1. The molecule has 0 radical (unpaired) electrons. The Morgan fingerprint density at radius 2 is 1.75 bits per heavy atom. The van der Waals surface area contributed by atoms with Crippen LogP contribution in [0.2, 0.25) is 5.02 Å². The number of anilines is 1. The fourth-order valence-corrected chi connectivity index (χ4v) is 12.8. The van der Waals surface area contributed by atoms with Crippen LogP contribution in [0.1, 0.15) is 86.7 Å². The smallest absolute Gasteiger partial charge is 0.277 e. The van der Waals surface area contributed by atoms with Crippen molar-refractivity contribution in [2.45, 2.75) is 76.5 Å². The van der Waals surface area contributed by atoms with Crippen LogP contribution < -0.4 is 19.1 Å². The highest BCUT2D eigenvalue weighted by Gasteiger charge is 2.34. The molecule has 3 aromatic carbocycles. The first-order valence-corrected chi connectivity index (χ1v) is 27.2. The van der Waals surface area contributed by atoms with Crippen LogP contribution in [0.3, 0.4) is 0 Å². The van der Waals surface area contributed by atoms with Gasteiger partial charge in [-0.15, -0.1) is 0 Å². The maximum atomic E-state index is 14.1. The largest absolute Gasteiger partial charge is 0.493 e. The van der Waals surface area contributed by atoms with E-state index in [-0.39, 0.29) is 52.7 Å². The van der Waals surface area contributed by atoms with Crippen molar-refractivity contribution < 1.29 is 36.0 Å². The van der Waals surface area contributed by atoms with E-state index in [4.69, 9.17) is 21.1 Å². The van der Waals surface area contributed by atoms with Gasteiger partial charge in [0.2, 0.25) is 10.0 Å². The maximum Gasteiger partial charge on any atom is 0.277 e. The molecule has 0 spiro atoms. The number of carbonyl (C=O) groups is 1. The molecule has 2 N–H and O–H groups in total. The summed E-state index contributed by atoms with van der Waals surface area (Å²) in [6, 6.07) is 18.9. The zero-order valence-electron chi connectivity index (χ0n) is 38.9. The SMILES string of the molecule is CC1(C)CCC(CN2CCN(c3ccc(C(=O)NS(=O)(=O)c4cc5c(c([N+](=O)[O-])c4)C[C@H](CCCS(=O)(=O)N4CCCCC4)CO5)c(Oc4cnc5[nH]ccc5c4)c3)CC2)=C(c2ccc(Cl)cc2)C1. The molecular weight excluding hydrogens is 942 g/mol. The molecule has 19 heteroatoms. The number of nitro benzene ring substituents is 1. The molecule has 0 saturated carbocycles. The topological polar surface area (TPSA) is 197 Å². The second kappa shape index (κ2) is 20.1. The number of nitrogens with one attached hydrogen (secondary N) is 2. The summed E-state index contributed by atoms with van der Waals surface area (Å²) in [7, 11) is -8.10. The monoisotopic (exact) mass is 999 g/mol. The number of pyridine rings is 1. The molecule has 69 heavy (non-hydrogen) atoms. The number of hydrogen-bond donors (Lipinski definition) is 2. The van der Waals surface area contributed by atoms with E-state index in [1.165, 1.54) is 39.3 Å². The van der Waals surface area contributed by atoms with E-state index in [9.17, 15) is 31.7 Å². The highest BCUT2D eigenvalue weighted by molar-refractivity contribution is 7.90. The van der Waals surface area contributed by atoms with Crippen LogP contribution in [-0.4, -0.2) is 105 Å². The number of halogens is 1. The van der Waals surface area contributed by atoms with E-state index in [1.54, 1.807) is 24.4 Å². The predicted molar refractivity (Wildman–Crippen MR) is 266 cm³/mol. The summed E-state index contributed by atoms with van der Waals surface area (Å²) in [5, 5.41) is 13.9. The summed E-state index contributed by atoms with van der Waals surface area (Å²) in [6.07, 6.45) is 10.1. The molecule has 366 valence electrons. The van der Waals surface area contributed by atoms with Gasteiger partial charge in [-0.1, -0.05) is 49.6 Å². The number of sulfonamides is 2. The van der Waals surface area contributed by atoms with Gasteiger partial charge >= 0.3 is 0 Å². The van der Waals surface area contributed by atoms with Crippen LogP contribution in [0, 0.1) is 21.4 Å². The number of fused-ring (bicyclic) bond motifs is 2. The predicted octanol–water partition coefficient (Wildman–Crippen LogP) is 8.97. The molecule has 2 fully saturated rings. The van der Waals surface area contributed by atoms with E-state index in [1.807, 2.05) is 18.2 Å². The molecule has 1 amide bonds. The van der Waals surface area contributed by atoms with Gasteiger partial charge in [0.15, 0.2) is 0 Å². The number of ether oxygens (including phenoxy) is 2. The Labute approximate surface area is 408 Å². The number of benzene rings is 3. The average Bonchev–Trinajstić information content (AvgIpc) is 3.80. The number of rotatable bonds is 15. The van der Waals surface area contributed by atoms with E-state index in [0.717, 1.165) is 80.3 Å². The summed E-state index contributed by atoms with van der Waals surface area (Å²) >= 11 is 6.25. The second-order valence-corrected chi connectivity index (χ2v) is 23.7. The Morgan fingerprint density at radius 3 is 2.51 bits per heavy atom. The number of piperazine rings is 1. The molecule has 1 atom stereocenters. The molecule has 0 unspecified atom stereocenters. The van der Waals surface area contributed by atoms with Gasteiger partial charge in [-0.3, -0.25) is 19.8 Å². The first kappa shape index (κ1) is 48.5. The zero-order valence-corrected chi connectivity index (χ0v) is 41.3. The molecule has 5 aromatic rings. The van der Waals surface area contributed by atoms with E-state index in [2.05, 4.69) is 50.5 Å². The molecule has 2 aromatic heterocycles. The van der Waals surface area contributed by atoms with Gasteiger partial charge in [-0.2, -0.15) is 0 Å². The van der Waals surface area contributed by atoms with Crippen molar-refractivity contribution in [2.24, 2.45) is 11.3 Å². The highest BCUT2D eigenvalue weighted by Crippen LogP contribution is 2.44. The van der Waals surface area contributed by atoms with E-state index >= 15 is 0 Å². The van der Waals surface area contributed by atoms with Crippen LogP contribution >= 0.6 is 11.6 Å². The normalized spacial score (nSPS) is 19.2. The van der Waals surface area contributed by atoms with Gasteiger partial charge in [-0.25, -0.2) is 30.8 Å². The lowest BCUT2D eigenvalue weighted by molar-refractivity contribution is -0.386. The fourth-order valence-electron chi connectivity index (χ4n) is 10.0. The quantitative estimate of drug-likeness (QED) is 0.0747. The van der Waals surface area contributed by atoms with Gasteiger partial charge in [-0.05, 0) is 110 Å². The van der Waals surface area contributed by atoms with Crippen molar-refractivity contribution in [1.29, 1.82) is 0 Å². The van der Waals surface area contributed by atoms with Crippen molar-refractivity contribution >= 4 is 65.5 Å². The fraction of sp³-hybridized carbons (Fsp3) is 0.440. The number of amides is 1. The summed E-state index contributed by atoms with van der Waals surface area (Å²) in [5.74, 6) is -0.793. The zero-order chi connectivity index (χ0) is 48.5. The van der Waals surface area contributed by atoms with Gasteiger partial charge in [0, 0.05) is 86.3 Å². The first-order chi connectivity index (χ1) is 33.0. The van der Waals surface area contributed by atoms with Gasteiger partial charge in [0.25, 0.3) is 21.6 Å². The Balaban J connectivity index is 0.909. The molecule has 1 aliphatic carbocycles. The number of H-pyrrole nitrogens is 1. The third-order valence-electron chi connectivity index (χ3n) is 13.9. The Morgan fingerprint density at radius 1 is 0.986 bits per heavy atom. The third-order valence-corrected chi connectivity index (χ3v) is 17.4. The summed E-state index contributed by atoms with van der Waals surface area (Å²) in [4.78, 5) is 37.5. The molecule has 9 rings (SSSR count). The van der Waals surface area contributed by atoms with Crippen molar-refractivity contribution in [1.82, 2.24) is 23.9 Å². The minimum atomic E-state index is -4.70. The van der Waals surface area contributed by atoms with Crippen LogP contribution in [0.15, 0.2) is 89.6 Å². The second-order valence-electron chi connectivity index (χ2n) is 19.5. The lowest BCUT2D eigenvalue weighted by atomic mass is 9.72. The minimum Gasteiger partial charge on any atom is -0.493 e. The Hall–Kier alpha value is -5.53. The van der Waals surface area contributed by atoms with Crippen molar-refractivity contribution in [2.75, 3.05) is 63.1 Å². The molecule has 5 heterocycles.